The molecule has 0 aromatic carbocycles. The molecule has 0 unspecified atom stereocenters. The Kier molecular flexibility index (Phi) is 9.12. The number of rotatable bonds is 3. The average Bonchev–Trinajstić information content (AvgIpc) is 2.43. The Balaban J connectivity index is 0.00000220. The van der Waals surface area contributed by atoms with Gasteiger partial charge in [0.2, 0.25) is 0 Å². The van der Waals surface area contributed by atoms with Crippen molar-refractivity contribution in [1.29, 1.82) is 0 Å². The Morgan fingerprint density at radius 3 is 2.52 bits per heavy atom. The van der Waals surface area contributed by atoms with Gasteiger partial charge in [-0.2, -0.15) is 23.5 Å². The monoisotopic (exact) mass is 444 g/mol. The Morgan fingerprint density at radius 2 is 1.90 bits per heavy atom. The number of nitrogens with zero attached hydrogens (tertiary/aromatic N) is 3. The SMILES string of the molecule is CN=C(NCCN1CCSCC1)N1CCSC(C)(C)C1.I. The molecule has 124 valence electrons. The molecule has 2 saturated heterocycles. The Hall–Kier alpha value is 0.660. The van der Waals surface area contributed by atoms with Crippen molar-refractivity contribution in [2.24, 2.45) is 4.99 Å². The molecule has 0 aliphatic carbocycles. The van der Waals surface area contributed by atoms with E-state index in [1.54, 1.807) is 0 Å². The van der Waals surface area contributed by atoms with Crippen LogP contribution < -0.4 is 5.32 Å². The maximum Gasteiger partial charge on any atom is 0.193 e. The second-order valence-electron chi connectivity index (χ2n) is 5.96. The first-order valence-corrected chi connectivity index (χ1v) is 9.64. The van der Waals surface area contributed by atoms with Crippen LogP contribution in [0.4, 0.5) is 0 Å². The minimum absolute atomic E-state index is 0. The van der Waals surface area contributed by atoms with Crippen LogP contribution in [0.3, 0.4) is 0 Å². The molecule has 0 bridgehead atoms. The van der Waals surface area contributed by atoms with E-state index in [1.165, 1.54) is 30.3 Å². The first-order valence-electron chi connectivity index (χ1n) is 7.50. The van der Waals surface area contributed by atoms with Crippen LogP contribution in [0.1, 0.15) is 13.8 Å². The largest absolute Gasteiger partial charge is 0.355 e. The van der Waals surface area contributed by atoms with Crippen LogP contribution >= 0.6 is 47.5 Å². The number of halogens is 1. The molecule has 2 fully saturated rings. The highest BCUT2D eigenvalue weighted by Crippen LogP contribution is 2.29. The summed E-state index contributed by atoms with van der Waals surface area (Å²) in [7, 11) is 1.90. The summed E-state index contributed by atoms with van der Waals surface area (Å²) in [6, 6.07) is 0. The summed E-state index contributed by atoms with van der Waals surface area (Å²) >= 11 is 4.13. The van der Waals surface area contributed by atoms with Crippen molar-refractivity contribution >= 4 is 53.5 Å². The van der Waals surface area contributed by atoms with Crippen LogP contribution in [0.25, 0.3) is 0 Å². The molecule has 1 N–H and O–H groups in total. The van der Waals surface area contributed by atoms with Crippen molar-refractivity contribution < 1.29 is 0 Å². The summed E-state index contributed by atoms with van der Waals surface area (Å²) in [5, 5.41) is 3.54. The Labute approximate surface area is 155 Å². The molecule has 0 aromatic rings. The van der Waals surface area contributed by atoms with E-state index >= 15 is 0 Å². The fraction of sp³-hybridized carbons (Fsp3) is 0.929. The molecule has 2 aliphatic heterocycles. The summed E-state index contributed by atoms with van der Waals surface area (Å²) in [5.41, 5.74) is 0. The summed E-state index contributed by atoms with van der Waals surface area (Å²) < 4.78 is 0.333. The van der Waals surface area contributed by atoms with E-state index in [0.29, 0.717) is 4.75 Å². The van der Waals surface area contributed by atoms with Gasteiger partial charge in [0.05, 0.1) is 0 Å². The number of hydrogen-bond acceptors (Lipinski definition) is 4. The van der Waals surface area contributed by atoms with E-state index in [2.05, 4.69) is 57.5 Å². The lowest BCUT2D eigenvalue weighted by Crippen LogP contribution is -2.52. The minimum Gasteiger partial charge on any atom is -0.355 e. The van der Waals surface area contributed by atoms with Crippen LogP contribution in [0.5, 0.6) is 0 Å². The molecule has 0 aromatic heterocycles. The zero-order valence-electron chi connectivity index (χ0n) is 13.4. The molecular formula is C14H29IN4S2. The van der Waals surface area contributed by atoms with Gasteiger partial charge in [0.1, 0.15) is 0 Å². The first kappa shape index (κ1) is 19.7. The zero-order valence-corrected chi connectivity index (χ0v) is 17.4. The van der Waals surface area contributed by atoms with Gasteiger partial charge in [-0.05, 0) is 13.8 Å². The zero-order chi connectivity index (χ0) is 14.4. The molecule has 7 heteroatoms. The summed E-state index contributed by atoms with van der Waals surface area (Å²) in [6.45, 7) is 11.4. The Bertz CT molecular complexity index is 333. The molecular weight excluding hydrogens is 415 g/mol. The third kappa shape index (κ3) is 6.74. The van der Waals surface area contributed by atoms with Gasteiger partial charge in [0.15, 0.2) is 5.96 Å². The second kappa shape index (κ2) is 9.72. The number of hydrogen-bond donors (Lipinski definition) is 1. The highest BCUT2D eigenvalue weighted by atomic mass is 127. The fourth-order valence-electron chi connectivity index (χ4n) is 2.68. The van der Waals surface area contributed by atoms with Crippen LogP contribution in [0.15, 0.2) is 4.99 Å². The van der Waals surface area contributed by atoms with Gasteiger partial charge in [0, 0.05) is 68.3 Å². The molecule has 0 amide bonds. The van der Waals surface area contributed by atoms with Gasteiger partial charge < -0.3 is 10.2 Å². The maximum absolute atomic E-state index is 4.46. The molecule has 2 rings (SSSR count). The van der Waals surface area contributed by atoms with Gasteiger partial charge >= 0.3 is 0 Å². The molecule has 2 heterocycles. The predicted octanol–water partition coefficient (Wildman–Crippen LogP) is 2.06. The lowest BCUT2D eigenvalue weighted by Gasteiger charge is -2.39. The number of thioether (sulfide) groups is 2. The normalized spacial score (nSPS) is 23.6. The molecule has 4 nitrogen and oxygen atoms in total. The highest BCUT2D eigenvalue weighted by molar-refractivity contribution is 14.0. The van der Waals surface area contributed by atoms with Crippen molar-refractivity contribution in [2.45, 2.75) is 18.6 Å². The quantitative estimate of drug-likeness (QED) is 0.409. The van der Waals surface area contributed by atoms with E-state index in [4.69, 9.17) is 0 Å². The van der Waals surface area contributed by atoms with E-state index in [-0.39, 0.29) is 24.0 Å². The van der Waals surface area contributed by atoms with E-state index in [0.717, 1.165) is 32.1 Å². The average molecular weight is 444 g/mol. The van der Waals surface area contributed by atoms with E-state index in [1.807, 2.05) is 7.05 Å². The van der Waals surface area contributed by atoms with Crippen molar-refractivity contribution in [3.05, 3.63) is 0 Å². The molecule has 2 aliphatic rings. The van der Waals surface area contributed by atoms with Gasteiger partial charge in [-0.25, -0.2) is 0 Å². The van der Waals surface area contributed by atoms with E-state index in [9.17, 15) is 0 Å². The maximum atomic E-state index is 4.46. The van der Waals surface area contributed by atoms with Gasteiger partial charge in [-0.15, -0.1) is 24.0 Å². The van der Waals surface area contributed by atoms with E-state index < -0.39 is 0 Å². The molecule has 21 heavy (non-hydrogen) atoms. The van der Waals surface area contributed by atoms with Gasteiger partial charge in [-0.1, -0.05) is 0 Å². The second-order valence-corrected chi connectivity index (χ2v) is 8.98. The predicted molar refractivity (Wildman–Crippen MR) is 109 cm³/mol. The van der Waals surface area contributed by atoms with Crippen molar-refractivity contribution in [1.82, 2.24) is 15.1 Å². The van der Waals surface area contributed by atoms with Crippen molar-refractivity contribution in [3.8, 4) is 0 Å². The third-order valence-electron chi connectivity index (χ3n) is 3.75. The number of nitrogens with one attached hydrogen (secondary N) is 1. The number of guanidine groups is 1. The summed E-state index contributed by atoms with van der Waals surface area (Å²) in [5.74, 6) is 4.83. The minimum atomic E-state index is 0. The topological polar surface area (TPSA) is 30.9 Å². The lowest BCUT2D eigenvalue weighted by molar-refractivity contribution is 0.303. The summed E-state index contributed by atoms with van der Waals surface area (Å²) in [6.07, 6.45) is 0. The highest BCUT2D eigenvalue weighted by Gasteiger charge is 2.28. The van der Waals surface area contributed by atoms with Crippen LogP contribution in [0, 0.1) is 0 Å². The van der Waals surface area contributed by atoms with Gasteiger partial charge in [-0.3, -0.25) is 9.89 Å². The molecule has 0 atom stereocenters. The standard InChI is InChI=1S/C14H28N4S2.HI/c1-14(2)12-18(8-11-20-14)13(15-3)16-4-5-17-6-9-19-10-7-17;/h4-12H2,1-3H3,(H,15,16);1H. The molecule has 0 radical (unpaired) electrons. The van der Waals surface area contributed by atoms with Gasteiger partial charge in [0.25, 0.3) is 0 Å². The first-order chi connectivity index (χ1) is 9.61. The Morgan fingerprint density at radius 1 is 1.19 bits per heavy atom. The molecule has 0 spiro atoms. The number of aliphatic imine (C=N–C) groups is 1. The van der Waals surface area contributed by atoms with Crippen LogP contribution in [-0.4, -0.2) is 84.1 Å². The summed E-state index contributed by atoms with van der Waals surface area (Å²) in [4.78, 5) is 9.41. The van der Waals surface area contributed by atoms with Crippen molar-refractivity contribution in [2.75, 3.05) is 63.6 Å². The fourth-order valence-corrected chi connectivity index (χ4v) is 4.77. The van der Waals surface area contributed by atoms with Crippen LogP contribution in [0.2, 0.25) is 0 Å². The lowest BCUT2D eigenvalue weighted by atomic mass is 10.2. The smallest absolute Gasteiger partial charge is 0.193 e. The third-order valence-corrected chi connectivity index (χ3v) is 5.99. The molecule has 0 saturated carbocycles. The van der Waals surface area contributed by atoms with Crippen molar-refractivity contribution in [3.63, 3.8) is 0 Å². The van der Waals surface area contributed by atoms with Crippen LogP contribution in [-0.2, 0) is 0 Å².